The molecule has 0 atom stereocenters. The topological polar surface area (TPSA) is 78.9 Å². The molecule has 0 unspecified atom stereocenters. The molecular formula is C13H16N2O4. The molecule has 1 aliphatic rings. The van der Waals surface area contributed by atoms with Crippen molar-refractivity contribution < 1.29 is 19.4 Å². The maximum Gasteiger partial charge on any atom is 0.329 e. The molecule has 1 aromatic carbocycles. The van der Waals surface area contributed by atoms with Gasteiger partial charge in [-0.2, -0.15) is 0 Å². The molecule has 0 spiro atoms. The largest absolute Gasteiger partial charge is 0.482 e. The highest BCUT2D eigenvalue weighted by atomic mass is 16.5. The van der Waals surface area contributed by atoms with Gasteiger partial charge in [-0.25, -0.2) is 4.79 Å². The standard InChI is InChI=1S/C13H16N2O4/c1-13(2,12(17)18)15-9-6-8(14-3)4-5-10(9)19-7-11(15)16/h4-6,14H,7H2,1-3H3,(H,17,18). The first-order valence-electron chi connectivity index (χ1n) is 5.89. The lowest BCUT2D eigenvalue weighted by atomic mass is 10.0. The fraction of sp³-hybridized carbons (Fsp3) is 0.385. The first-order chi connectivity index (χ1) is 8.87. The maximum absolute atomic E-state index is 12.0. The number of carbonyl (C=O) groups excluding carboxylic acids is 1. The van der Waals surface area contributed by atoms with Gasteiger partial charge in [0.2, 0.25) is 0 Å². The minimum Gasteiger partial charge on any atom is -0.482 e. The summed E-state index contributed by atoms with van der Waals surface area (Å²) in [6, 6.07) is 5.23. The Kier molecular flexibility index (Phi) is 3.09. The number of amides is 1. The van der Waals surface area contributed by atoms with Gasteiger partial charge < -0.3 is 15.2 Å². The molecule has 2 rings (SSSR count). The van der Waals surface area contributed by atoms with Crippen LogP contribution in [0.5, 0.6) is 5.75 Å². The lowest BCUT2D eigenvalue weighted by molar-refractivity contribution is -0.144. The van der Waals surface area contributed by atoms with Crippen LogP contribution in [0.3, 0.4) is 0 Å². The summed E-state index contributed by atoms with van der Waals surface area (Å²) in [6.07, 6.45) is 0. The minimum absolute atomic E-state index is 0.150. The number of nitrogens with zero attached hydrogens (tertiary/aromatic N) is 1. The molecule has 0 bridgehead atoms. The number of ether oxygens (including phenoxy) is 1. The highest BCUT2D eigenvalue weighted by Crippen LogP contribution is 2.38. The van der Waals surface area contributed by atoms with Crippen LogP contribution >= 0.6 is 0 Å². The molecule has 1 heterocycles. The third-order valence-corrected chi connectivity index (χ3v) is 3.17. The third-order valence-electron chi connectivity index (χ3n) is 3.17. The number of carboxylic acid groups (broad SMARTS) is 1. The van der Waals surface area contributed by atoms with Gasteiger partial charge in [-0.3, -0.25) is 9.69 Å². The second-order valence-electron chi connectivity index (χ2n) is 4.81. The van der Waals surface area contributed by atoms with E-state index in [1.165, 1.54) is 18.7 Å². The Bertz CT molecular complexity index is 539. The van der Waals surface area contributed by atoms with Gasteiger partial charge in [0, 0.05) is 12.7 Å². The number of carboxylic acids is 1. The number of nitrogens with one attached hydrogen (secondary N) is 1. The smallest absolute Gasteiger partial charge is 0.329 e. The summed E-state index contributed by atoms with van der Waals surface area (Å²) in [5.41, 5.74) is -0.0825. The van der Waals surface area contributed by atoms with Crippen LogP contribution in [0.15, 0.2) is 18.2 Å². The van der Waals surface area contributed by atoms with Crippen molar-refractivity contribution in [1.29, 1.82) is 0 Å². The summed E-state index contributed by atoms with van der Waals surface area (Å²) in [5.74, 6) is -0.926. The van der Waals surface area contributed by atoms with Gasteiger partial charge in [0.05, 0.1) is 5.69 Å². The highest BCUT2D eigenvalue weighted by molar-refractivity contribution is 6.04. The predicted octanol–water partition coefficient (Wildman–Crippen LogP) is 1.32. The molecule has 0 aliphatic carbocycles. The van der Waals surface area contributed by atoms with Gasteiger partial charge in [0.15, 0.2) is 6.61 Å². The normalized spacial score (nSPS) is 14.7. The lowest BCUT2D eigenvalue weighted by Crippen LogP contribution is -2.56. The van der Waals surface area contributed by atoms with Crippen molar-refractivity contribution in [3.05, 3.63) is 18.2 Å². The average Bonchev–Trinajstić information content (AvgIpc) is 2.37. The van der Waals surface area contributed by atoms with Crippen molar-refractivity contribution in [2.24, 2.45) is 0 Å². The summed E-state index contributed by atoms with van der Waals surface area (Å²) in [5, 5.41) is 12.3. The van der Waals surface area contributed by atoms with Gasteiger partial charge in [0.25, 0.3) is 5.91 Å². The summed E-state index contributed by atoms with van der Waals surface area (Å²) in [7, 11) is 1.75. The molecule has 6 heteroatoms. The number of hydrogen-bond acceptors (Lipinski definition) is 4. The van der Waals surface area contributed by atoms with Gasteiger partial charge in [-0.05, 0) is 32.0 Å². The molecule has 19 heavy (non-hydrogen) atoms. The first kappa shape index (κ1) is 13.2. The molecular weight excluding hydrogens is 248 g/mol. The fourth-order valence-corrected chi connectivity index (χ4v) is 2.02. The number of benzene rings is 1. The van der Waals surface area contributed by atoms with Crippen LogP contribution in [0, 0.1) is 0 Å². The zero-order chi connectivity index (χ0) is 14.2. The molecule has 2 N–H and O–H groups in total. The fourth-order valence-electron chi connectivity index (χ4n) is 2.02. The van der Waals surface area contributed by atoms with E-state index in [0.29, 0.717) is 11.4 Å². The van der Waals surface area contributed by atoms with Gasteiger partial charge in [-0.15, -0.1) is 0 Å². The first-order valence-corrected chi connectivity index (χ1v) is 5.89. The van der Waals surface area contributed by atoms with E-state index in [2.05, 4.69) is 5.32 Å². The Hall–Kier alpha value is -2.24. The zero-order valence-electron chi connectivity index (χ0n) is 11.1. The number of rotatable bonds is 3. The van der Waals surface area contributed by atoms with Crippen molar-refractivity contribution in [3.63, 3.8) is 0 Å². The molecule has 0 saturated carbocycles. The molecule has 102 valence electrons. The molecule has 0 fully saturated rings. The van der Waals surface area contributed by atoms with Gasteiger partial charge in [-0.1, -0.05) is 0 Å². The third kappa shape index (κ3) is 2.09. The van der Waals surface area contributed by atoms with Crippen LogP contribution in [-0.4, -0.2) is 36.2 Å². The van der Waals surface area contributed by atoms with Crippen molar-refractivity contribution in [3.8, 4) is 5.75 Å². The second-order valence-corrected chi connectivity index (χ2v) is 4.81. The van der Waals surface area contributed by atoms with Gasteiger partial charge >= 0.3 is 5.97 Å². The molecule has 0 radical (unpaired) electrons. The van der Waals surface area contributed by atoms with Crippen LogP contribution in [0.4, 0.5) is 11.4 Å². The molecule has 0 saturated heterocycles. The van der Waals surface area contributed by atoms with Crippen molar-refractivity contribution in [2.45, 2.75) is 19.4 Å². The van der Waals surface area contributed by atoms with Gasteiger partial charge in [0.1, 0.15) is 11.3 Å². The van der Waals surface area contributed by atoms with Crippen LogP contribution in [0.25, 0.3) is 0 Å². The molecule has 0 aromatic heterocycles. The van der Waals surface area contributed by atoms with Crippen molar-refractivity contribution >= 4 is 23.3 Å². The number of anilines is 2. The SMILES string of the molecule is CNc1ccc2c(c1)N(C(C)(C)C(=O)O)C(=O)CO2. The number of aliphatic carboxylic acids is 1. The van der Waals surface area contributed by atoms with Crippen LogP contribution in [0.2, 0.25) is 0 Å². The second kappa shape index (κ2) is 4.46. The zero-order valence-corrected chi connectivity index (χ0v) is 11.1. The lowest BCUT2D eigenvalue weighted by Gasteiger charge is -2.38. The molecule has 1 aromatic rings. The Balaban J connectivity index is 2.57. The quantitative estimate of drug-likeness (QED) is 0.860. The highest BCUT2D eigenvalue weighted by Gasteiger charge is 2.42. The summed E-state index contributed by atoms with van der Waals surface area (Å²) in [6.45, 7) is 2.84. The monoisotopic (exact) mass is 264 g/mol. The Morgan fingerprint density at radius 3 is 2.74 bits per heavy atom. The summed E-state index contributed by atoms with van der Waals surface area (Å²) >= 11 is 0. The Morgan fingerprint density at radius 2 is 2.16 bits per heavy atom. The van der Waals surface area contributed by atoms with E-state index < -0.39 is 11.5 Å². The van der Waals surface area contributed by atoms with E-state index in [-0.39, 0.29) is 12.5 Å². The maximum atomic E-state index is 12.0. The number of hydrogen-bond donors (Lipinski definition) is 2. The van der Waals surface area contributed by atoms with Crippen LogP contribution in [0.1, 0.15) is 13.8 Å². The van der Waals surface area contributed by atoms with E-state index in [9.17, 15) is 14.7 Å². The van der Waals surface area contributed by atoms with E-state index >= 15 is 0 Å². The van der Waals surface area contributed by atoms with E-state index in [4.69, 9.17) is 4.74 Å². The molecule has 6 nitrogen and oxygen atoms in total. The minimum atomic E-state index is -1.33. The van der Waals surface area contributed by atoms with E-state index in [1.807, 2.05) is 0 Å². The molecule has 1 amide bonds. The predicted molar refractivity (Wildman–Crippen MR) is 70.7 cm³/mol. The Labute approximate surface area is 111 Å². The van der Waals surface area contributed by atoms with Crippen molar-refractivity contribution in [1.82, 2.24) is 0 Å². The summed E-state index contributed by atoms with van der Waals surface area (Å²) in [4.78, 5) is 24.7. The van der Waals surface area contributed by atoms with E-state index in [0.717, 1.165) is 5.69 Å². The number of fused-ring (bicyclic) bond motifs is 1. The Morgan fingerprint density at radius 1 is 1.47 bits per heavy atom. The van der Waals surface area contributed by atoms with Crippen molar-refractivity contribution in [2.75, 3.05) is 23.9 Å². The van der Waals surface area contributed by atoms with E-state index in [1.54, 1.807) is 25.2 Å². The van der Waals surface area contributed by atoms with Crippen LogP contribution in [-0.2, 0) is 9.59 Å². The van der Waals surface area contributed by atoms with Crippen LogP contribution < -0.4 is 15.0 Å². The molecule has 1 aliphatic heterocycles. The average molecular weight is 264 g/mol. The number of carbonyl (C=O) groups is 2. The summed E-state index contributed by atoms with van der Waals surface area (Å²) < 4.78 is 5.33.